The lowest BCUT2D eigenvalue weighted by molar-refractivity contribution is 0.126. The second-order valence-corrected chi connectivity index (χ2v) is 7.74. The molecule has 0 fully saturated rings. The number of aryl methyl sites for hydroxylation is 4. The van der Waals surface area contributed by atoms with Gasteiger partial charge < -0.3 is 9.84 Å². The first kappa shape index (κ1) is 19.5. The highest BCUT2D eigenvalue weighted by Crippen LogP contribution is 2.24. The largest absolute Gasteiger partial charge is 0.491 e. The first-order chi connectivity index (χ1) is 12.9. The molecule has 3 aromatic rings. The lowest BCUT2D eigenvalue weighted by atomic mass is 10.1. The molecule has 0 amide bonds. The Hall–Kier alpha value is -2.31. The van der Waals surface area contributed by atoms with Crippen LogP contribution < -0.4 is 4.74 Å². The summed E-state index contributed by atoms with van der Waals surface area (Å²) in [6.07, 6.45) is -0.599. The predicted molar refractivity (Wildman–Crippen MR) is 109 cm³/mol. The van der Waals surface area contributed by atoms with E-state index in [4.69, 9.17) is 4.74 Å². The molecule has 1 atom stereocenters. The Morgan fingerprint density at radius 3 is 2.59 bits per heavy atom. The number of nitrogens with zero attached hydrogens (tertiary/aromatic N) is 3. The third kappa shape index (κ3) is 4.90. The maximum absolute atomic E-state index is 10.3. The van der Waals surface area contributed by atoms with Crippen molar-refractivity contribution in [3.8, 4) is 11.4 Å². The smallest absolute Gasteiger partial charge is 0.195 e. The van der Waals surface area contributed by atoms with E-state index in [1.54, 1.807) is 0 Å². The summed E-state index contributed by atoms with van der Waals surface area (Å²) in [6.45, 7) is 8.26. The lowest BCUT2D eigenvalue weighted by Gasteiger charge is -2.14. The molecule has 2 aromatic carbocycles. The van der Waals surface area contributed by atoms with Gasteiger partial charge in [0.15, 0.2) is 5.16 Å². The molecule has 0 saturated carbocycles. The standard InChI is InChI=1S/C21H25N3O2S/c1-14-6-5-7-18(10-14)24-17(4)22-23-21(24)27-13-19(25)12-26-20-11-15(2)8-9-16(20)3/h5-11,19,25H,12-13H2,1-4H3. The quantitative estimate of drug-likeness (QED) is 0.624. The topological polar surface area (TPSA) is 60.2 Å². The Morgan fingerprint density at radius 1 is 1.04 bits per heavy atom. The average molecular weight is 384 g/mol. The van der Waals surface area contributed by atoms with Crippen LogP contribution in [0.1, 0.15) is 22.5 Å². The number of hydrogen-bond donors (Lipinski definition) is 1. The monoisotopic (exact) mass is 383 g/mol. The van der Waals surface area contributed by atoms with E-state index in [2.05, 4.69) is 35.3 Å². The molecule has 3 rings (SSSR count). The first-order valence-electron chi connectivity index (χ1n) is 8.94. The van der Waals surface area contributed by atoms with E-state index in [1.807, 2.05) is 49.6 Å². The molecule has 0 spiro atoms. The number of rotatable bonds is 7. The molecule has 1 heterocycles. The Balaban J connectivity index is 1.63. The van der Waals surface area contributed by atoms with Gasteiger partial charge in [-0.15, -0.1) is 10.2 Å². The summed E-state index contributed by atoms with van der Waals surface area (Å²) >= 11 is 1.48. The van der Waals surface area contributed by atoms with Gasteiger partial charge in [-0.25, -0.2) is 0 Å². The van der Waals surface area contributed by atoms with Crippen molar-refractivity contribution in [2.24, 2.45) is 0 Å². The summed E-state index contributed by atoms with van der Waals surface area (Å²) in [5, 5.41) is 19.6. The van der Waals surface area contributed by atoms with E-state index in [-0.39, 0.29) is 6.61 Å². The normalized spacial score (nSPS) is 12.2. The summed E-state index contributed by atoms with van der Waals surface area (Å²) in [5.74, 6) is 2.12. The van der Waals surface area contributed by atoms with E-state index in [0.717, 1.165) is 33.5 Å². The van der Waals surface area contributed by atoms with Gasteiger partial charge in [-0.2, -0.15) is 0 Å². The van der Waals surface area contributed by atoms with Crippen molar-refractivity contribution < 1.29 is 9.84 Å². The molecule has 0 saturated heterocycles. The van der Waals surface area contributed by atoms with E-state index in [9.17, 15) is 5.11 Å². The highest BCUT2D eigenvalue weighted by molar-refractivity contribution is 7.99. The van der Waals surface area contributed by atoms with Crippen LogP contribution in [0, 0.1) is 27.7 Å². The van der Waals surface area contributed by atoms with Crippen molar-refractivity contribution in [3.63, 3.8) is 0 Å². The zero-order valence-corrected chi connectivity index (χ0v) is 17.0. The molecular formula is C21H25N3O2S. The highest BCUT2D eigenvalue weighted by Gasteiger charge is 2.14. The SMILES string of the molecule is Cc1cccc(-n2c(C)nnc2SCC(O)COc2cc(C)ccc2C)c1. The third-order valence-corrected chi connectivity index (χ3v) is 5.31. The Bertz CT molecular complexity index is 924. The summed E-state index contributed by atoms with van der Waals surface area (Å²) in [6, 6.07) is 14.3. The Morgan fingerprint density at radius 2 is 1.81 bits per heavy atom. The number of aromatic nitrogens is 3. The average Bonchev–Trinajstić information content (AvgIpc) is 3.01. The van der Waals surface area contributed by atoms with Crippen LogP contribution in [0.2, 0.25) is 0 Å². The maximum Gasteiger partial charge on any atom is 0.195 e. The van der Waals surface area contributed by atoms with Crippen molar-refractivity contribution in [3.05, 3.63) is 65.0 Å². The lowest BCUT2D eigenvalue weighted by Crippen LogP contribution is -2.20. The molecule has 5 nitrogen and oxygen atoms in total. The van der Waals surface area contributed by atoms with Gasteiger partial charge in [0.25, 0.3) is 0 Å². The van der Waals surface area contributed by atoms with Crippen LogP contribution in [0.5, 0.6) is 5.75 Å². The summed E-state index contributed by atoms with van der Waals surface area (Å²) < 4.78 is 7.81. The number of thioether (sulfide) groups is 1. The molecule has 1 N–H and O–H groups in total. The molecular weight excluding hydrogens is 358 g/mol. The van der Waals surface area contributed by atoms with Crippen LogP contribution in [-0.2, 0) is 0 Å². The zero-order valence-electron chi connectivity index (χ0n) is 16.1. The van der Waals surface area contributed by atoms with Gasteiger partial charge in [0.05, 0.1) is 6.10 Å². The Kier molecular flexibility index (Phi) is 6.19. The van der Waals surface area contributed by atoms with Crippen LogP contribution in [0.15, 0.2) is 47.6 Å². The van der Waals surface area contributed by atoms with Crippen LogP contribution >= 0.6 is 11.8 Å². The molecule has 0 aliphatic carbocycles. The van der Waals surface area contributed by atoms with Crippen molar-refractivity contribution in [1.82, 2.24) is 14.8 Å². The van der Waals surface area contributed by atoms with Crippen LogP contribution in [-0.4, -0.2) is 38.3 Å². The summed E-state index contributed by atoms with van der Waals surface area (Å²) in [5.41, 5.74) is 4.41. The molecule has 0 bridgehead atoms. The van der Waals surface area contributed by atoms with E-state index >= 15 is 0 Å². The van der Waals surface area contributed by atoms with Gasteiger partial charge in [-0.05, 0) is 62.6 Å². The van der Waals surface area contributed by atoms with Gasteiger partial charge in [0.1, 0.15) is 18.2 Å². The fraction of sp³-hybridized carbons (Fsp3) is 0.333. The summed E-state index contributed by atoms with van der Waals surface area (Å²) in [7, 11) is 0. The highest BCUT2D eigenvalue weighted by atomic mass is 32.2. The zero-order chi connectivity index (χ0) is 19.4. The van der Waals surface area contributed by atoms with Gasteiger partial charge in [-0.3, -0.25) is 4.57 Å². The number of aliphatic hydroxyl groups excluding tert-OH is 1. The predicted octanol–water partition coefficient (Wildman–Crippen LogP) is 4.03. The molecule has 1 unspecified atom stereocenters. The third-order valence-electron chi connectivity index (χ3n) is 4.23. The molecule has 1 aromatic heterocycles. The fourth-order valence-electron chi connectivity index (χ4n) is 2.77. The molecule has 0 aliphatic heterocycles. The Labute approximate surface area is 164 Å². The van der Waals surface area contributed by atoms with Crippen molar-refractivity contribution in [2.45, 2.75) is 39.0 Å². The fourth-order valence-corrected chi connectivity index (χ4v) is 3.67. The first-order valence-corrected chi connectivity index (χ1v) is 9.92. The van der Waals surface area contributed by atoms with Gasteiger partial charge in [-0.1, -0.05) is 36.0 Å². The maximum atomic E-state index is 10.3. The second kappa shape index (κ2) is 8.59. The number of hydrogen-bond acceptors (Lipinski definition) is 5. The minimum atomic E-state index is -0.599. The van der Waals surface area contributed by atoms with Gasteiger partial charge in [0.2, 0.25) is 0 Å². The van der Waals surface area contributed by atoms with Gasteiger partial charge >= 0.3 is 0 Å². The van der Waals surface area contributed by atoms with Crippen LogP contribution in [0.25, 0.3) is 5.69 Å². The number of ether oxygens (including phenoxy) is 1. The van der Waals surface area contributed by atoms with Crippen molar-refractivity contribution >= 4 is 11.8 Å². The van der Waals surface area contributed by atoms with Crippen molar-refractivity contribution in [2.75, 3.05) is 12.4 Å². The summed E-state index contributed by atoms with van der Waals surface area (Å²) in [4.78, 5) is 0. The van der Waals surface area contributed by atoms with Crippen LogP contribution in [0.3, 0.4) is 0 Å². The molecule has 0 radical (unpaired) electrons. The van der Waals surface area contributed by atoms with Crippen molar-refractivity contribution in [1.29, 1.82) is 0 Å². The van der Waals surface area contributed by atoms with Crippen LogP contribution in [0.4, 0.5) is 0 Å². The molecule has 6 heteroatoms. The second-order valence-electron chi connectivity index (χ2n) is 6.75. The molecule has 0 aliphatic rings. The number of benzene rings is 2. The number of aliphatic hydroxyl groups is 1. The molecule has 27 heavy (non-hydrogen) atoms. The van der Waals surface area contributed by atoms with E-state index in [1.165, 1.54) is 17.3 Å². The van der Waals surface area contributed by atoms with Gasteiger partial charge in [0, 0.05) is 11.4 Å². The van der Waals surface area contributed by atoms with E-state index < -0.39 is 6.10 Å². The molecule has 142 valence electrons. The minimum absolute atomic E-state index is 0.245. The minimum Gasteiger partial charge on any atom is -0.491 e. The van der Waals surface area contributed by atoms with E-state index in [0.29, 0.717) is 5.75 Å².